The molecule has 2 rings (SSSR count). The molecule has 2 atom stereocenters. The molecule has 1 aliphatic heterocycles. The van der Waals surface area contributed by atoms with Crippen LogP contribution in [0, 0.1) is 0 Å². The molecule has 1 fully saturated rings. The molecule has 0 radical (unpaired) electrons. The van der Waals surface area contributed by atoms with Crippen molar-refractivity contribution in [2.45, 2.75) is 57.5 Å². The Morgan fingerprint density at radius 3 is 2.68 bits per heavy atom. The Labute approximate surface area is 143 Å². The molecule has 2 N–H and O–H groups in total. The molecule has 6 heteroatoms. The Bertz CT molecular complexity index is 515. The smallest absolute Gasteiger partial charge is 0.376 e. The summed E-state index contributed by atoms with van der Waals surface area (Å²) in [7, 11) is -0.572. The third-order valence-electron chi connectivity index (χ3n) is 4.76. The average Bonchev–Trinajstić information content (AvgIpc) is 2.92. The second kappa shape index (κ2) is 7.54. The Balaban J connectivity index is 2.37. The fourth-order valence-electron chi connectivity index (χ4n) is 3.66. The van der Waals surface area contributed by atoms with E-state index >= 15 is 0 Å². The standard InChI is InChI=1S/C16H24BCl2NO2/c1-3-4-8-16(9-5-10-20(16)17(2)22)15(21)12-6-7-13(18)14(19)11-12/h6-7,11,15,21-22H,3-5,8-10H2,1-2H3. The van der Waals surface area contributed by atoms with Crippen molar-refractivity contribution in [2.24, 2.45) is 0 Å². The summed E-state index contributed by atoms with van der Waals surface area (Å²) in [5.74, 6) is 0. The maximum absolute atomic E-state index is 11.1. The molecule has 1 heterocycles. The second-order valence-electron chi connectivity index (χ2n) is 6.21. The van der Waals surface area contributed by atoms with Gasteiger partial charge in [0, 0.05) is 5.54 Å². The molecule has 1 aromatic rings. The van der Waals surface area contributed by atoms with Crippen molar-refractivity contribution in [3.05, 3.63) is 33.8 Å². The van der Waals surface area contributed by atoms with Crippen LogP contribution in [0.5, 0.6) is 0 Å². The highest BCUT2D eigenvalue weighted by Gasteiger charge is 2.48. The molecule has 2 unspecified atom stereocenters. The summed E-state index contributed by atoms with van der Waals surface area (Å²) >= 11 is 12.1. The van der Waals surface area contributed by atoms with Crippen LogP contribution in [0.2, 0.25) is 16.9 Å². The van der Waals surface area contributed by atoms with Gasteiger partial charge in [0.15, 0.2) is 0 Å². The first-order valence-electron chi connectivity index (χ1n) is 8.00. The molecule has 1 saturated heterocycles. The SMILES string of the molecule is CCCCC1(C(O)c2ccc(Cl)c(Cl)c2)CCCN1B(C)O. The highest BCUT2D eigenvalue weighted by atomic mass is 35.5. The fourth-order valence-corrected chi connectivity index (χ4v) is 3.96. The summed E-state index contributed by atoms with van der Waals surface area (Å²) in [5, 5.41) is 22.2. The van der Waals surface area contributed by atoms with E-state index in [1.807, 2.05) is 10.9 Å². The molecule has 0 saturated carbocycles. The molecule has 1 aromatic carbocycles. The third-order valence-corrected chi connectivity index (χ3v) is 5.50. The monoisotopic (exact) mass is 343 g/mol. The number of nitrogens with zero attached hydrogens (tertiary/aromatic N) is 1. The maximum atomic E-state index is 11.1. The molecule has 122 valence electrons. The van der Waals surface area contributed by atoms with E-state index < -0.39 is 18.7 Å². The van der Waals surface area contributed by atoms with Crippen LogP contribution in [0.15, 0.2) is 18.2 Å². The molecule has 3 nitrogen and oxygen atoms in total. The molecule has 0 aliphatic carbocycles. The van der Waals surface area contributed by atoms with Crippen molar-refractivity contribution >= 4 is 30.3 Å². The minimum Gasteiger partial charge on any atom is -0.437 e. The average molecular weight is 344 g/mol. The van der Waals surface area contributed by atoms with Gasteiger partial charge >= 0.3 is 7.05 Å². The van der Waals surface area contributed by atoms with Gasteiger partial charge in [-0.1, -0.05) is 49.0 Å². The van der Waals surface area contributed by atoms with Crippen LogP contribution in [0.4, 0.5) is 0 Å². The maximum Gasteiger partial charge on any atom is 0.376 e. The number of benzene rings is 1. The van der Waals surface area contributed by atoms with Gasteiger partial charge in [-0.15, -0.1) is 0 Å². The van der Waals surface area contributed by atoms with Crippen LogP contribution in [-0.2, 0) is 0 Å². The van der Waals surface area contributed by atoms with E-state index in [1.54, 1.807) is 19.0 Å². The molecule has 1 aliphatic rings. The molecule has 22 heavy (non-hydrogen) atoms. The quantitative estimate of drug-likeness (QED) is 0.762. The number of aliphatic hydroxyl groups excluding tert-OH is 1. The summed E-state index contributed by atoms with van der Waals surface area (Å²) in [4.78, 5) is 2.04. The van der Waals surface area contributed by atoms with Crippen molar-refractivity contribution in [2.75, 3.05) is 6.54 Å². The molecule has 0 amide bonds. The number of aliphatic hydroxyl groups is 1. The van der Waals surface area contributed by atoms with Gasteiger partial charge in [0.05, 0.1) is 16.1 Å². The lowest BCUT2D eigenvalue weighted by Gasteiger charge is -2.43. The first-order chi connectivity index (χ1) is 10.4. The second-order valence-corrected chi connectivity index (χ2v) is 7.03. The van der Waals surface area contributed by atoms with Gasteiger partial charge < -0.3 is 14.9 Å². The Hall–Kier alpha value is -0.255. The number of halogens is 2. The van der Waals surface area contributed by atoms with E-state index in [2.05, 4.69) is 6.92 Å². The van der Waals surface area contributed by atoms with Crippen LogP contribution < -0.4 is 0 Å². The van der Waals surface area contributed by atoms with Gasteiger partial charge in [-0.05, 0) is 50.3 Å². The van der Waals surface area contributed by atoms with Crippen molar-refractivity contribution in [1.82, 2.24) is 4.81 Å². The Morgan fingerprint density at radius 2 is 2.09 bits per heavy atom. The Kier molecular flexibility index (Phi) is 6.20. The first-order valence-corrected chi connectivity index (χ1v) is 8.76. The lowest BCUT2D eigenvalue weighted by Crippen LogP contribution is -2.54. The normalized spacial score (nSPS) is 23.7. The third kappa shape index (κ3) is 3.47. The molecule has 0 spiro atoms. The van der Waals surface area contributed by atoms with E-state index in [4.69, 9.17) is 23.2 Å². The topological polar surface area (TPSA) is 43.7 Å². The molecular weight excluding hydrogens is 320 g/mol. The number of hydrogen-bond acceptors (Lipinski definition) is 3. The summed E-state index contributed by atoms with van der Waals surface area (Å²) in [6.07, 6.45) is 4.10. The number of rotatable bonds is 6. The lowest BCUT2D eigenvalue weighted by atomic mass is 9.73. The van der Waals surface area contributed by atoms with E-state index in [9.17, 15) is 10.1 Å². The fraction of sp³-hybridized carbons (Fsp3) is 0.625. The largest absolute Gasteiger partial charge is 0.437 e. The first kappa shape index (κ1) is 18.1. The van der Waals surface area contributed by atoms with E-state index in [0.29, 0.717) is 10.0 Å². The lowest BCUT2D eigenvalue weighted by molar-refractivity contribution is 0.0135. The summed E-state index contributed by atoms with van der Waals surface area (Å²) < 4.78 is 0. The van der Waals surface area contributed by atoms with E-state index in [1.165, 1.54) is 0 Å². The molecule has 0 bridgehead atoms. The molecular formula is C16H24BCl2NO2. The Morgan fingerprint density at radius 1 is 1.36 bits per heavy atom. The van der Waals surface area contributed by atoms with Gasteiger partial charge in [-0.3, -0.25) is 0 Å². The molecule has 0 aromatic heterocycles. The van der Waals surface area contributed by atoms with E-state index in [0.717, 1.165) is 44.2 Å². The number of hydrogen-bond donors (Lipinski definition) is 2. The van der Waals surface area contributed by atoms with Crippen molar-refractivity contribution in [1.29, 1.82) is 0 Å². The van der Waals surface area contributed by atoms with Gasteiger partial charge in [-0.25, -0.2) is 0 Å². The van der Waals surface area contributed by atoms with E-state index in [-0.39, 0.29) is 0 Å². The zero-order valence-electron chi connectivity index (χ0n) is 13.2. The van der Waals surface area contributed by atoms with Gasteiger partial charge in [0.25, 0.3) is 0 Å². The summed E-state index contributed by atoms with van der Waals surface area (Å²) in [6, 6.07) is 5.28. The van der Waals surface area contributed by atoms with Gasteiger partial charge in [0.1, 0.15) is 0 Å². The van der Waals surface area contributed by atoms with Crippen molar-refractivity contribution in [3.63, 3.8) is 0 Å². The summed E-state index contributed by atoms with van der Waals surface area (Å²) in [5.41, 5.74) is 0.333. The van der Waals surface area contributed by atoms with Crippen LogP contribution in [0.1, 0.15) is 50.7 Å². The minimum atomic E-state index is -0.689. The van der Waals surface area contributed by atoms with Crippen molar-refractivity contribution < 1.29 is 10.1 Å². The van der Waals surface area contributed by atoms with Gasteiger partial charge in [-0.2, -0.15) is 0 Å². The zero-order chi connectivity index (χ0) is 16.3. The highest BCUT2D eigenvalue weighted by molar-refractivity contribution is 6.45. The van der Waals surface area contributed by atoms with Crippen LogP contribution >= 0.6 is 23.2 Å². The number of unbranched alkanes of at least 4 members (excludes halogenated alkanes) is 1. The predicted molar refractivity (Wildman–Crippen MR) is 93.5 cm³/mol. The minimum absolute atomic E-state index is 0.429. The van der Waals surface area contributed by atoms with Crippen LogP contribution in [0.3, 0.4) is 0 Å². The van der Waals surface area contributed by atoms with Crippen molar-refractivity contribution in [3.8, 4) is 0 Å². The highest BCUT2D eigenvalue weighted by Crippen LogP contribution is 2.44. The zero-order valence-corrected chi connectivity index (χ0v) is 14.7. The predicted octanol–water partition coefficient (Wildman–Crippen LogP) is 4.16. The van der Waals surface area contributed by atoms with Gasteiger partial charge in [0.2, 0.25) is 0 Å². The van der Waals surface area contributed by atoms with Crippen LogP contribution in [-0.4, -0.2) is 34.1 Å². The van der Waals surface area contributed by atoms with Crippen LogP contribution in [0.25, 0.3) is 0 Å². The summed E-state index contributed by atoms with van der Waals surface area (Å²) in [6.45, 7) is 4.72.